The summed E-state index contributed by atoms with van der Waals surface area (Å²) in [4.78, 5) is 3.81. The van der Waals surface area contributed by atoms with Gasteiger partial charge in [-0.3, -0.25) is 4.85 Å². The molecule has 0 amide bonds. The van der Waals surface area contributed by atoms with Gasteiger partial charge in [-0.25, -0.2) is 6.57 Å². The van der Waals surface area contributed by atoms with Crippen molar-refractivity contribution in [1.82, 2.24) is 0 Å². The van der Waals surface area contributed by atoms with Gasteiger partial charge in [0.2, 0.25) is 0 Å². The molecule has 0 radical (unpaired) electrons. The molecule has 1 atom stereocenters. The van der Waals surface area contributed by atoms with Crippen molar-refractivity contribution in [3.63, 3.8) is 0 Å². The van der Waals surface area contributed by atoms with Gasteiger partial charge in [0, 0.05) is 0 Å². The Morgan fingerprint density at radius 3 is 2.62 bits per heavy atom. The van der Waals surface area contributed by atoms with Crippen LogP contribution in [-0.4, -0.2) is 8.32 Å². The summed E-state index contributed by atoms with van der Waals surface area (Å²) in [6.45, 7) is 13.9. The average molecular weight is 231 g/mol. The molecule has 1 aromatic rings. The lowest BCUT2D eigenvalue weighted by atomic mass is 10.1. The van der Waals surface area contributed by atoms with E-state index >= 15 is 0 Å². The topological polar surface area (TPSA) is 13.6 Å². The molecule has 1 unspecified atom stereocenters. The van der Waals surface area contributed by atoms with E-state index in [1.54, 1.807) is 0 Å². The fraction of sp³-hybridized carbons (Fsp3) is 0.462. The first-order valence-corrected chi connectivity index (χ1v) is 9.05. The van der Waals surface area contributed by atoms with Crippen LogP contribution in [0.4, 0.5) is 0 Å². The van der Waals surface area contributed by atoms with Gasteiger partial charge in [-0.2, -0.15) is 0 Å². The Balaban J connectivity index is 2.43. The van der Waals surface area contributed by atoms with Gasteiger partial charge in [0.1, 0.15) is 0 Å². The normalized spacial score (nSPS) is 23.9. The molecule has 84 valence electrons. The van der Waals surface area contributed by atoms with Gasteiger partial charge in [-0.05, 0) is 37.7 Å². The first-order chi connectivity index (χ1) is 7.47. The molecule has 3 heteroatoms. The Morgan fingerprint density at radius 2 is 2.00 bits per heavy atom. The highest BCUT2D eigenvalue weighted by atomic mass is 28.4. The largest absolute Gasteiger partial charge is 0.355 e. The maximum atomic E-state index is 7.48. The van der Waals surface area contributed by atoms with Gasteiger partial charge in [-0.15, -0.1) is 0 Å². The summed E-state index contributed by atoms with van der Waals surface area (Å²) in [5.74, 6) is 0. The van der Waals surface area contributed by atoms with Gasteiger partial charge >= 0.3 is 5.72 Å². The SMILES string of the molecule is [C-]#[N+]C1(O[Si](C)(C)C)CCc2ccccc21. The van der Waals surface area contributed by atoms with Crippen molar-refractivity contribution >= 4 is 8.32 Å². The van der Waals surface area contributed by atoms with Crippen LogP contribution in [0.1, 0.15) is 17.5 Å². The van der Waals surface area contributed by atoms with Crippen molar-refractivity contribution in [1.29, 1.82) is 0 Å². The van der Waals surface area contributed by atoms with Gasteiger partial charge in [0.15, 0.2) is 8.32 Å². The van der Waals surface area contributed by atoms with Crippen LogP contribution >= 0.6 is 0 Å². The van der Waals surface area contributed by atoms with Crippen molar-refractivity contribution in [3.8, 4) is 0 Å². The number of aryl methyl sites for hydroxylation is 1. The lowest BCUT2D eigenvalue weighted by Crippen LogP contribution is -2.37. The van der Waals surface area contributed by atoms with Crippen molar-refractivity contribution in [2.75, 3.05) is 0 Å². The standard InChI is InChI=1S/C13H17NOSi/c1-14-13(15-16(2,3)4)10-9-11-7-5-6-8-12(11)13/h5-8H,9-10H2,2-4H3. The minimum atomic E-state index is -1.70. The minimum Gasteiger partial charge on any atom is -0.347 e. The van der Waals surface area contributed by atoms with E-state index in [9.17, 15) is 0 Å². The van der Waals surface area contributed by atoms with E-state index in [0.29, 0.717) is 0 Å². The second kappa shape index (κ2) is 3.72. The zero-order valence-electron chi connectivity index (χ0n) is 10.1. The van der Waals surface area contributed by atoms with Gasteiger partial charge in [0.05, 0.1) is 12.0 Å². The maximum absolute atomic E-state index is 7.48. The third kappa shape index (κ3) is 1.91. The van der Waals surface area contributed by atoms with Crippen LogP contribution in [-0.2, 0) is 16.6 Å². The first-order valence-electron chi connectivity index (χ1n) is 5.64. The van der Waals surface area contributed by atoms with Crippen LogP contribution in [0.25, 0.3) is 4.85 Å². The Labute approximate surface area is 98.2 Å². The van der Waals surface area contributed by atoms with Crippen LogP contribution in [0.3, 0.4) is 0 Å². The lowest BCUT2D eigenvalue weighted by Gasteiger charge is -2.26. The molecular formula is C13H17NOSi. The molecule has 1 aromatic carbocycles. The smallest absolute Gasteiger partial charge is 0.347 e. The van der Waals surface area contributed by atoms with Crippen LogP contribution in [0.15, 0.2) is 24.3 Å². The fourth-order valence-corrected chi connectivity index (χ4v) is 3.58. The molecule has 0 saturated carbocycles. The molecule has 0 fully saturated rings. The molecular weight excluding hydrogens is 214 g/mol. The number of hydrogen-bond acceptors (Lipinski definition) is 1. The molecule has 0 spiro atoms. The predicted molar refractivity (Wildman–Crippen MR) is 67.5 cm³/mol. The highest BCUT2D eigenvalue weighted by Crippen LogP contribution is 2.42. The summed E-state index contributed by atoms with van der Waals surface area (Å²) in [5, 5.41) is 0. The molecule has 0 aromatic heterocycles. The third-order valence-electron chi connectivity index (χ3n) is 2.83. The molecule has 0 bridgehead atoms. The van der Waals surface area contributed by atoms with Gasteiger partial charge < -0.3 is 4.43 Å². The molecule has 16 heavy (non-hydrogen) atoms. The van der Waals surface area contributed by atoms with E-state index in [-0.39, 0.29) is 0 Å². The van der Waals surface area contributed by atoms with E-state index in [0.717, 1.165) is 18.4 Å². The highest BCUT2D eigenvalue weighted by Gasteiger charge is 2.49. The number of benzene rings is 1. The fourth-order valence-electron chi connectivity index (χ4n) is 2.31. The zero-order chi connectivity index (χ0) is 11.8. The lowest BCUT2D eigenvalue weighted by molar-refractivity contribution is 0.110. The van der Waals surface area contributed by atoms with E-state index in [1.165, 1.54) is 5.56 Å². The monoisotopic (exact) mass is 231 g/mol. The molecule has 0 aliphatic heterocycles. The second-order valence-corrected chi connectivity index (χ2v) is 9.70. The zero-order valence-corrected chi connectivity index (χ0v) is 11.1. The Bertz CT molecular complexity index is 444. The van der Waals surface area contributed by atoms with Crippen molar-refractivity contribution in [2.45, 2.75) is 38.2 Å². The average Bonchev–Trinajstić information content (AvgIpc) is 2.57. The molecule has 1 aliphatic carbocycles. The van der Waals surface area contributed by atoms with Crippen molar-refractivity contribution in [3.05, 3.63) is 46.8 Å². The summed E-state index contributed by atoms with van der Waals surface area (Å²) in [5.41, 5.74) is 1.67. The Kier molecular flexibility index (Phi) is 2.65. The van der Waals surface area contributed by atoms with Crippen molar-refractivity contribution < 1.29 is 4.43 Å². The molecule has 2 rings (SSSR count). The van der Waals surface area contributed by atoms with E-state index in [4.69, 9.17) is 11.0 Å². The van der Waals surface area contributed by atoms with E-state index in [1.807, 2.05) is 18.2 Å². The van der Waals surface area contributed by atoms with Crippen LogP contribution in [0.5, 0.6) is 0 Å². The number of fused-ring (bicyclic) bond motifs is 1. The van der Waals surface area contributed by atoms with Crippen LogP contribution < -0.4 is 0 Å². The molecule has 1 aliphatic rings. The summed E-state index contributed by atoms with van der Waals surface area (Å²) >= 11 is 0. The predicted octanol–water partition coefficient (Wildman–Crippen LogP) is 3.56. The highest BCUT2D eigenvalue weighted by molar-refractivity contribution is 6.69. The third-order valence-corrected chi connectivity index (χ3v) is 3.78. The maximum Gasteiger partial charge on any atom is 0.355 e. The van der Waals surface area contributed by atoms with Gasteiger partial charge in [-0.1, -0.05) is 18.2 Å². The molecule has 0 saturated heterocycles. The van der Waals surface area contributed by atoms with Crippen LogP contribution in [0.2, 0.25) is 19.6 Å². The molecule has 0 heterocycles. The summed E-state index contributed by atoms with van der Waals surface area (Å²) in [6.07, 6.45) is 1.77. The van der Waals surface area contributed by atoms with Crippen molar-refractivity contribution in [2.24, 2.45) is 0 Å². The summed E-state index contributed by atoms with van der Waals surface area (Å²) < 4.78 is 6.15. The number of nitrogens with zero attached hydrogens (tertiary/aromatic N) is 1. The van der Waals surface area contributed by atoms with Gasteiger partial charge in [0.25, 0.3) is 0 Å². The second-order valence-electron chi connectivity index (χ2n) is 5.27. The van der Waals surface area contributed by atoms with E-state index in [2.05, 4.69) is 30.6 Å². The Hall–Kier alpha value is -1.11. The minimum absolute atomic E-state index is 0.693. The number of rotatable bonds is 2. The van der Waals surface area contributed by atoms with E-state index < -0.39 is 14.0 Å². The first kappa shape index (κ1) is 11.4. The number of hydrogen-bond donors (Lipinski definition) is 0. The Morgan fingerprint density at radius 1 is 1.31 bits per heavy atom. The van der Waals surface area contributed by atoms with Crippen LogP contribution in [0, 0.1) is 6.57 Å². The summed E-state index contributed by atoms with van der Waals surface area (Å²) in [6, 6.07) is 8.18. The summed E-state index contributed by atoms with van der Waals surface area (Å²) in [7, 11) is -1.70. The quantitative estimate of drug-likeness (QED) is 0.560. The molecule has 2 nitrogen and oxygen atoms in total. The molecule has 0 N–H and O–H groups in total.